The minimum absolute atomic E-state index is 0.225. The van der Waals surface area contributed by atoms with Crippen molar-refractivity contribution in [3.8, 4) is 5.75 Å². The Kier molecular flexibility index (Phi) is 5.86. The Morgan fingerprint density at radius 1 is 1.25 bits per heavy atom. The summed E-state index contributed by atoms with van der Waals surface area (Å²) < 4.78 is 18.8. The van der Waals surface area contributed by atoms with Crippen molar-refractivity contribution in [1.29, 1.82) is 0 Å². The van der Waals surface area contributed by atoms with Crippen molar-refractivity contribution >= 4 is 0 Å². The average Bonchev–Trinajstić information content (AvgIpc) is 2.29. The molecule has 0 atom stereocenters. The first-order valence-electron chi connectivity index (χ1n) is 5.89. The molecule has 0 aliphatic rings. The zero-order chi connectivity index (χ0) is 11.8. The third-order valence-electron chi connectivity index (χ3n) is 2.51. The molecule has 1 rings (SSSR count). The highest BCUT2D eigenvalue weighted by atomic mass is 19.1. The van der Waals surface area contributed by atoms with Crippen LogP contribution in [0, 0.1) is 5.82 Å². The van der Waals surface area contributed by atoms with Crippen molar-refractivity contribution < 1.29 is 9.13 Å². The van der Waals surface area contributed by atoms with Crippen LogP contribution in [0.25, 0.3) is 0 Å². The van der Waals surface area contributed by atoms with Crippen molar-refractivity contribution in [1.82, 2.24) is 0 Å². The summed E-state index contributed by atoms with van der Waals surface area (Å²) in [6.45, 7) is 3.05. The van der Waals surface area contributed by atoms with Crippen LogP contribution < -0.4 is 10.5 Å². The van der Waals surface area contributed by atoms with Crippen molar-refractivity contribution in [3.63, 3.8) is 0 Å². The zero-order valence-electron chi connectivity index (χ0n) is 9.84. The highest BCUT2D eigenvalue weighted by molar-refractivity contribution is 5.28. The summed E-state index contributed by atoms with van der Waals surface area (Å²) in [6, 6.07) is 4.85. The van der Waals surface area contributed by atoms with Crippen LogP contribution in [0.15, 0.2) is 18.2 Å². The molecule has 0 aliphatic carbocycles. The Labute approximate surface area is 96.6 Å². The van der Waals surface area contributed by atoms with Gasteiger partial charge in [0.1, 0.15) is 11.6 Å². The van der Waals surface area contributed by atoms with Gasteiger partial charge in [0.25, 0.3) is 0 Å². The van der Waals surface area contributed by atoms with E-state index in [1.807, 2.05) is 0 Å². The summed E-state index contributed by atoms with van der Waals surface area (Å²) in [4.78, 5) is 0. The number of hydrogen-bond acceptors (Lipinski definition) is 2. The molecule has 0 fully saturated rings. The van der Waals surface area contributed by atoms with Crippen molar-refractivity contribution in [2.24, 2.45) is 5.73 Å². The van der Waals surface area contributed by atoms with Gasteiger partial charge in [-0.05, 0) is 12.5 Å². The van der Waals surface area contributed by atoms with E-state index in [2.05, 4.69) is 6.92 Å². The van der Waals surface area contributed by atoms with E-state index in [9.17, 15) is 4.39 Å². The van der Waals surface area contributed by atoms with Gasteiger partial charge in [-0.1, -0.05) is 32.3 Å². The molecule has 1 aromatic rings. The number of hydrogen-bond donors (Lipinski definition) is 1. The molecular weight excluding hydrogens is 205 g/mol. The van der Waals surface area contributed by atoms with Gasteiger partial charge in [-0.3, -0.25) is 0 Å². The monoisotopic (exact) mass is 225 g/mol. The van der Waals surface area contributed by atoms with Gasteiger partial charge in [0.05, 0.1) is 6.61 Å². The smallest absolute Gasteiger partial charge is 0.131 e. The third-order valence-corrected chi connectivity index (χ3v) is 2.51. The van der Waals surface area contributed by atoms with Crippen molar-refractivity contribution in [2.75, 3.05) is 6.61 Å². The molecule has 0 unspecified atom stereocenters. The van der Waals surface area contributed by atoms with Crippen molar-refractivity contribution in [2.45, 2.75) is 39.2 Å². The normalized spacial score (nSPS) is 10.4. The minimum atomic E-state index is -0.284. The van der Waals surface area contributed by atoms with E-state index in [1.54, 1.807) is 12.1 Å². The second-order valence-corrected chi connectivity index (χ2v) is 3.87. The molecule has 0 heterocycles. The summed E-state index contributed by atoms with van der Waals surface area (Å²) in [5, 5.41) is 0. The lowest BCUT2D eigenvalue weighted by molar-refractivity contribution is 0.303. The number of nitrogens with two attached hydrogens (primary N) is 1. The predicted octanol–water partition coefficient (Wildman–Crippen LogP) is 3.24. The quantitative estimate of drug-likeness (QED) is 0.723. The molecule has 16 heavy (non-hydrogen) atoms. The standard InChI is InChI=1S/C13H20FNO/c1-2-3-4-5-8-16-12-7-6-11(10-15)13(14)9-12/h6-7,9H,2-5,8,10,15H2,1H3. The van der Waals surface area contributed by atoms with E-state index in [0.29, 0.717) is 17.9 Å². The van der Waals surface area contributed by atoms with E-state index >= 15 is 0 Å². The molecule has 1 aromatic carbocycles. The van der Waals surface area contributed by atoms with Crippen LogP contribution in [-0.4, -0.2) is 6.61 Å². The Balaban J connectivity index is 2.34. The predicted molar refractivity (Wildman–Crippen MR) is 63.9 cm³/mol. The van der Waals surface area contributed by atoms with Crippen LogP contribution in [0.2, 0.25) is 0 Å². The first kappa shape index (κ1) is 13.0. The van der Waals surface area contributed by atoms with E-state index in [-0.39, 0.29) is 12.4 Å². The molecule has 0 aromatic heterocycles. The van der Waals surface area contributed by atoms with Gasteiger partial charge in [0, 0.05) is 18.2 Å². The summed E-state index contributed by atoms with van der Waals surface area (Å²) in [6.07, 6.45) is 4.62. The highest BCUT2D eigenvalue weighted by Gasteiger charge is 2.02. The van der Waals surface area contributed by atoms with E-state index in [1.165, 1.54) is 25.3 Å². The SMILES string of the molecule is CCCCCCOc1ccc(CN)c(F)c1. The van der Waals surface area contributed by atoms with Crippen LogP contribution in [0.3, 0.4) is 0 Å². The molecule has 2 N–H and O–H groups in total. The van der Waals surface area contributed by atoms with Crippen molar-refractivity contribution in [3.05, 3.63) is 29.6 Å². The number of halogens is 1. The fourth-order valence-corrected chi connectivity index (χ4v) is 1.50. The summed E-state index contributed by atoms with van der Waals surface area (Å²) in [7, 11) is 0. The molecule has 0 spiro atoms. The largest absolute Gasteiger partial charge is 0.493 e. The summed E-state index contributed by atoms with van der Waals surface area (Å²) in [5.74, 6) is 0.305. The summed E-state index contributed by atoms with van der Waals surface area (Å²) >= 11 is 0. The van der Waals surface area contributed by atoms with Gasteiger partial charge in [0.15, 0.2) is 0 Å². The first-order valence-corrected chi connectivity index (χ1v) is 5.89. The second-order valence-electron chi connectivity index (χ2n) is 3.87. The Morgan fingerprint density at radius 2 is 2.06 bits per heavy atom. The minimum Gasteiger partial charge on any atom is -0.493 e. The molecule has 3 heteroatoms. The average molecular weight is 225 g/mol. The number of ether oxygens (including phenoxy) is 1. The molecule has 0 bridgehead atoms. The maximum Gasteiger partial charge on any atom is 0.131 e. The highest BCUT2D eigenvalue weighted by Crippen LogP contribution is 2.16. The van der Waals surface area contributed by atoms with Gasteiger partial charge >= 0.3 is 0 Å². The number of unbranched alkanes of at least 4 members (excludes halogenated alkanes) is 3. The molecule has 90 valence electrons. The maximum atomic E-state index is 13.3. The van der Waals surface area contributed by atoms with E-state index in [0.717, 1.165) is 6.42 Å². The van der Waals surface area contributed by atoms with E-state index in [4.69, 9.17) is 10.5 Å². The maximum absolute atomic E-state index is 13.3. The summed E-state index contributed by atoms with van der Waals surface area (Å²) in [5.41, 5.74) is 5.90. The fourth-order valence-electron chi connectivity index (χ4n) is 1.50. The Morgan fingerprint density at radius 3 is 2.69 bits per heavy atom. The topological polar surface area (TPSA) is 35.2 Å². The van der Waals surface area contributed by atoms with Crippen LogP contribution in [0.1, 0.15) is 38.2 Å². The Hall–Kier alpha value is -1.09. The van der Waals surface area contributed by atoms with Crippen LogP contribution in [-0.2, 0) is 6.54 Å². The molecule has 2 nitrogen and oxygen atoms in total. The van der Waals surface area contributed by atoms with Gasteiger partial charge in [-0.2, -0.15) is 0 Å². The van der Waals surface area contributed by atoms with Gasteiger partial charge < -0.3 is 10.5 Å². The fraction of sp³-hybridized carbons (Fsp3) is 0.538. The third kappa shape index (κ3) is 4.19. The molecule has 0 saturated heterocycles. The molecule has 0 radical (unpaired) electrons. The van der Waals surface area contributed by atoms with Gasteiger partial charge in [-0.25, -0.2) is 4.39 Å². The first-order chi connectivity index (χ1) is 7.77. The zero-order valence-corrected chi connectivity index (χ0v) is 9.84. The number of rotatable bonds is 7. The van der Waals surface area contributed by atoms with Crippen LogP contribution in [0.5, 0.6) is 5.75 Å². The van der Waals surface area contributed by atoms with E-state index < -0.39 is 0 Å². The number of benzene rings is 1. The van der Waals surface area contributed by atoms with Gasteiger partial charge in [0.2, 0.25) is 0 Å². The van der Waals surface area contributed by atoms with Crippen LogP contribution >= 0.6 is 0 Å². The molecule has 0 saturated carbocycles. The Bertz CT molecular complexity index is 315. The molecule has 0 amide bonds. The lowest BCUT2D eigenvalue weighted by Crippen LogP contribution is -2.01. The second kappa shape index (κ2) is 7.23. The molecule has 0 aliphatic heterocycles. The van der Waals surface area contributed by atoms with Gasteiger partial charge in [-0.15, -0.1) is 0 Å². The molecular formula is C13H20FNO. The lowest BCUT2D eigenvalue weighted by atomic mass is 10.2. The lowest BCUT2D eigenvalue weighted by Gasteiger charge is -2.07. The van der Waals surface area contributed by atoms with Crippen LogP contribution in [0.4, 0.5) is 4.39 Å².